The average Bonchev–Trinajstić information content (AvgIpc) is 2.75. The zero-order chi connectivity index (χ0) is 22.6. The second kappa shape index (κ2) is 9.03. The van der Waals surface area contributed by atoms with E-state index in [0.29, 0.717) is 29.0 Å². The van der Waals surface area contributed by atoms with Gasteiger partial charge in [-0.1, -0.05) is 18.2 Å². The standard InChI is InChI=1S/C23H22N6O2S/c1-16-6-5-7-20(14-16)32(30,31)29-19-11-9-18(10-12-19)27-22-15-23(26-17(2)25-22)28-21-8-3-4-13-24-21/h3-15,29H,1-2H3,(H2,24,25,26,27,28). The normalized spacial score (nSPS) is 11.1. The van der Waals surface area contributed by atoms with Gasteiger partial charge in [0, 0.05) is 23.6 Å². The summed E-state index contributed by atoms with van der Waals surface area (Å²) >= 11 is 0. The Morgan fingerprint density at radius 1 is 0.719 bits per heavy atom. The summed E-state index contributed by atoms with van der Waals surface area (Å²) in [4.78, 5) is 13.2. The Morgan fingerprint density at radius 2 is 1.44 bits per heavy atom. The highest BCUT2D eigenvalue weighted by molar-refractivity contribution is 7.92. The summed E-state index contributed by atoms with van der Waals surface area (Å²) < 4.78 is 27.8. The van der Waals surface area contributed by atoms with Gasteiger partial charge < -0.3 is 10.6 Å². The second-order valence-corrected chi connectivity index (χ2v) is 8.83. The van der Waals surface area contributed by atoms with Gasteiger partial charge in [-0.15, -0.1) is 0 Å². The van der Waals surface area contributed by atoms with Crippen molar-refractivity contribution in [2.24, 2.45) is 0 Å². The van der Waals surface area contributed by atoms with Gasteiger partial charge in [-0.25, -0.2) is 23.4 Å². The van der Waals surface area contributed by atoms with Crippen molar-refractivity contribution in [2.45, 2.75) is 18.7 Å². The number of nitrogens with one attached hydrogen (secondary N) is 3. The lowest BCUT2D eigenvalue weighted by Crippen LogP contribution is -2.13. The highest BCUT2D eigenvalue weighted by Crippen LogP contribution is 2.22. The largest absolute Gasteiger partial charge is 0.340 e. The van der Waals surface area contributed by atoms with Crippen molar-refractivity contribution in [1.29, 1.82) is 0 Å². The number of benzene rings is 2. The highest BCUT2D eigenvalue weighted by Gasteiger charge is 2.14. The highest BCUT2D eigenvalue weighted by atomic mass is 32.2. The van der Waals surface area contributed by atoms with E-state index in [1.54, 1.807) is 61.7 Å². The summed E-state index contributed by atoms with van der Waals surface area (Å²) in [7, 11) is -3.65. The van der Waals surface area contributed by atoms with E-state index in [4.69, 9.17) is 0 Å². The third kappa shape index (κ3) is 5.38. The zero-order valence-electron chi connectivity index (χ0n) is 17.6. The Hall–Kier alpha value is -3.98. The van der Waals surface area contributed by atoms with Gasteiger partial charge in [0.25, 0.3) is 10.0 Å². The minimum Gasteiger partial charge on any atom is -0.340 e. The van der Waals surface area contributed by atoms with Crippen LogP contribution in [-0.2, 0) is 10.0 Å². The van der Waals surface area contributed by atoms with Crippen LogP contribution in [0, 0.1) is 13.8 Å². The molecular weight excluding hydrogens is 424 g/mol. The smallest absolute Gasteiger partial charge is 0.261 e. The van der Waals surface area contributed by atoms with Crippen LogP contribution in [0.15, 0.2) is 83.9 Å². The first-order valence-electron chi connectivity index (χ1n) is 9.88. The molecule has 0 aliphatic carbocycles. The number of hydrogen-bond donors (Lipinski definition) is 3. The molecule has 4 aromatic rings. The fraction of sp³-hybridized carbons (Fsp3) is 0.0870. The van der Waals surface area contributed by atoms with Crippen molar-refractivity contribution in [3.63, 3.8) is 0 Å². The van der Waals surface area contributed by atoms with E-state index in [0.717, 1.165) is 11.3 Å². The van der Waals surface area contributed by atoms with E-state index in [2.05, 4.69) is 30.3 Å². The predicted octanol–water partition coefficient (Wildman–Crippen LogP) is 4.78. The van der Waals surface area contributed by atoms with Crippen LogP contribution in [-0.4, -0.2) is 23.4 Å². The Bertz CT molecular complexity index is 1330. The fourth-order valence-electron chi connectivity index (χ4n) is 3.03. The summed E-state index contributed by atoms with van der Waals surface area (Å²) in [6.07, 6.45) is 1.70. The molecule has 0 atom stereocenters. The predicted molar refractivity (Wildman–Crippen MR) is 126 cm³/mol. The number of pyridine rings is 1. The van der Waals surface area contributed by atoms with Crippen molar-refractivity contribution >= 4 is 38.9 Å². The minimum atomic E-state index is -3.65. The van der Waals surface area contributed by atoms with Crippen molar-refractivity contribution < 1.29 is 8.42 Å². The molecule has 2 aromatic carbocycles. The van der Waals surface area contributed by atoms with Crippen LogP contribution in [0.3, 0.4) is 0 Å². The number of sulfonamides is 1. The lowest BCUT2D eigenvalue weighted by molar-refractivity contribution is 0.601. The Kier molecular flexibility index (Phi) is 6.00. The van der Waals surface area contributed by atoms with Gasteiger partial charge in [0.1, 0.15) is 23.3 Å². The monoisotopic (exact) mass is 446 g/mol. The maximum Gasteiger partial charge on any atom is 0.261 e. The third-order valence-corrected chi connectivity index (χ3v) is 5.85. The molecule has 0 radical (unpaired) electrons. The van der Waals surface area contributed by atoms with Crippen molar-refractivity contribution in [2.75, 3.05) is 15.4 Å². The first kappa shape index (κ1) is 21.3. The molecule has 0 unspecified atom stereocenters. The molecular formula is C23H22N6O2S. The Labute approximate surface area is 186 Å². The topological polar surface area (TPSA) is 109 Å². The number of hydrogen-bond acceptors (Lipinski definition) is 7. The maximum absolute atomic E-state index is 12.6. The molecule has 0 bridgehead atoms. The molecule has 3 N–H and O–H groups in total. The van der Waals surface area contributed by atoms with E-state index in [-0.39, 0.29) is 4.90 Å². The molecule has 0 aliphatic rings. The molecule has 2 heterocycles. The summed E-state index contributed by atoms with van der Waals surface area (Å²) in [5.74, 6) is 2.49. The van der Waals surface area contributed by atoms with Gasteiger partial charge in [-0.3, -0.25) is 4.72 Å². The molecule has 32 heavy (non-hydrogen) atoms. The molecule has 162 valence electrons. The molecule has 4 rings (SSSR count). The molecule has 0 fully saturated rings. The van der Waals surface area contributed by atoms with Gasteiger partial charge >= 0.3 is 0 Å². The summed E-state index contributed by atoms with van der Waals surface area (Å²) in [6, 6.07) is 21.1. The molecule has 0 saturated carbocycles. The molecule has 9 heteroatoms. The molecule has 0 saturated heterocycles. The third-order valence-electron chi connectivity index (χ3n) is 4.47. The molecule has 0 amide bonds. The maximum atomic E-state index is 12.6. The van der Waals surface area contributed by atoms with Crippen LogP contribution in [0.4, 0.5) is 28.8 Å². The number of nitrogens with zero attached hydrogens (tertiary/aromatic N) is 3. The van der Waals surface area contributed by atoms with E-state index >= 15 is 0 Å². The van der Waals surface area contributed by atoms with E-state index in [1.165, 1.54) is 0 Å². The van der Waals surface area contributed by atoms with Crippen LogP contribution >= 0.6 is 0 Å². The number of anilines is 5. The van der Waals surface area contributed by atoms with Gasteiger partial charge in [0.15, 0.2) is 0 Å². The summed E-state index contributed by atoms with van der Waals surface area (Å²) in [6.45, 7) is 3.66. The Morgan fingerprint density at radius 3 is 2.12 bits per heavy atom. The number of rotatable bonds is 7. The quantitative estimate of drug-likeness (QED) is 0.375. The van der Waals surface area contributed by atoms with Gasteiger partial charge in [-0.2, -0.15) is 0 Å². The minimum absolute atomic E-state index is 0.226. The SMILES string of the molecule is Cc1cccc(S(=O)(=O)Nc2ccc(Nc3cc(Nc4ccccn4)nc(C)n3)cc2)c1. The van der Waals surface area contributed by atoms with E-state index < -0.39 is 10.0 Å². The molecule has 2 aromatic heterocycles. The molecule has 8 nitrogen and oxygen atoms in total. The number of aromatic nitrogens is 3. The number of aryl methyl sites for hydroxylation is 2. The van der Waals surface area contributed by atoms with Gasteiger partial charge in [0.05, 0.1) is 4.90 Å². The summed E-state index contributed by atoms with van der Waals surface area (Å²) in [5.41, 5.74) is 2.10. The van der Waals surface area contributed by atoms with Crippen LogP contribution in [0.25, 0.3) is 0 Å². The Balaban J connectivity index is 1.47. The van der Waals surface area contributed by atoms with E-state index in [9.17, 15) is 8.42 Å². The van der Waals surface area contributed by atoms with Crippen LogP contribution in [0.1, 0.15) is 11.4 Å². The van der Waals surface area contributed by atoms with Crippen molar-refractivity contribution in [1.82, 2.24) is 15.0 Å². The average molecular weight is 447 g/mol. The first-order chi connectivity index (χ1) is 15.4. The first-order valence-corrected chi connectivity index (χ1v) is 11.4. The van der Waals surface area contributed by atoms with Crippen LogP contribution < -0.4 is 15.4 Å². The van der Waals surface area contributed by atoms with Gasteiger partial charge in [-0.05, 0) is 67.9 Å². The van der Waals surface area contributed by atoms with Crippen LogP contribution in [0.2, 0.25) is 0 Å². The summed E-state index contributed by atoms with van der Waals surface area (Å²) in [5, 5.41) is 6.36. The fourth-order valence-corrected chi connectivity index (χ4v) is 4.19. The zero-order valence-corrected chi connectivity index (χ0v) is 18.4. The van der Waals surface area contributed by atoms with Crippen molar-refractivity contribution in [3.8, 4) is 0 Å². The molecule has 0 aliphatic heterocycles. The lowest BCUT2D eigenvalue weighted by Gasteiger charge is -2.11. The van der Waals surface area contributed by atoms with Crippen molar-refractivity contribution in [3.05, 3.63) is 90.4 Å². The van der Waals surface area contributed by atoms with Gasteiger partial charge in [0.2, 0.25) is 0 Å². The van der Waals surface area contributed by atoms with Crippen LogP contribution in [0.5, 0.6) is 0 Å². The lowest BCUT2D eigenvalue weighted by atomic mass is 10.2. The molecule has 0 spiro atoms. The van der Waals surface area contributed by atoms with E-state index in [1.807, 2.05) is 31.2 Å². The second-order valence-electron chi connectivity index (χ2n) is 7.15.